The Hall–Kier alpha value is -5.43. The van der Waals surface area contributed by atoms with Gasteiger partial charge in [-0.25, -0.2) is 4.79 Å². The standard InChI is InChI=1S/C33H27N3O4/c1-39-29-13-9-27(10-14-29)36(28-11-15-30(40-2)16-12-28)26-7-5-23(6-8-26)3-4-24-17-19-34-31(21-24)32-22-25(33(37)38)18-20-35-32/h3-22H,1-2H3,(H,37,38). The SMILES string of the molecule is COc1ccc(N(c2ccc(C=Cc3ccnc(-c4cc(C(=O)O)ccn4)c3)cc2)c2ccc(OC)cc2)cc1. The zero-order valence-electron chi connectivity index (χ0n) is 22.1. The van der Waals surface area contributed by atoms with Gasteiger partial charge in [-0.15, -0.1) is 0 Å². The Bertz CT molecular complexity index is 1580. The summed E-state index contributed by atoms with van der Waals surface area (Å²) in [5, 5.41) is 9.27. The van der Waals surface area contributed by atoms with E-state index in [0.717, 1.165) is 39.7 Å². The monoisotopic (exact) mass is 529 g/mol. The van der Waals surface area contributed by atoms with E-state index < -0.39 is 5.97 Å². The summed E-state index contributed by atoms with van der Waals surface area (Å²) >= 11 is 0. The Morgan fingerprint density at radius 3 is 1.65 bits per heavy atom. The lowest BCUT2D eigenvalue weighted by Gasteiger charge is -2.26. The lowest BCUT2D eigenvalue weighted by molar-refractivity contribution is 0.0696. The van der Waals surface area contributed by atoms with Gasteiger partial charge in [0.2, 0.25) is 0 Å². The number of hydrogen-bond donors (Lipinski definition) is 1. The Balaban J connectivity index is 1.40. The minimum atomic E-state index is -0.999. The van der Waals surface area contributed by atoms with Gasteiger partial charge in [-0.1, -0.05) is 24.3 Å². The molecular formula is C33H27N3O4. The lowest BCUT2D eigenvalue weighted by Crippen LogP contribution is -2.09. The Morgan fingerprint density at radius 2 is 1.12 bits per heavy atom. The fourth-order valence-electron chi connectivity index (χ4n) is 4.23. The molecule has 2 aromatic heterocycles. The summed E-state index contributed by atoms with van der Waals surface area (Å²) in [5.41, 5.74) is 6.24. The van der Waals surface area contributed by atoms with Crippen molar-refractivity contribution in [2.45, 2.75) is 0 Å². The molecule has 0 atom stereocenters. The number of methoxy groups -OCH3 is 2. The number of carbonyl (C=O) groups is 1. The van der Waals surface area contributed by atoms with E-state index in [1.165, 1.54) is 18.3 Å². The predicted molar refractivity (Wildman–Crippen MR) is 158 cm³/mol. The molecular weight excluding hydrogens is 502 g/mol. The van der Waals surface area contributed by atoms with E-state index in [1.54, 1.807) is 20.4 Å². The first-order chi connectivity index (χ1) is 19.5. The van der Waals surface area contributed by atoms with Crippen LogP contribution < -0.4 is 14.4 Å². The first-order valence-corrected chi connectivity index (χ1v) is 12.6. The van der Waals surface area contributed by atoms with Crippen LogP contribution in [0.2, 0.25) is 0 Å². The van der Waals surface area contributed by atoms with Crippen molar-refractivity contribution < 1.29 is 19.4 Å². The van der Waals surface area contributed by atoms with Crippen molar-refractivity contribution in [3.05, 3.63) is 126 Å². The quantitative estimate of drug-likeness (QED) is 0.212. The van der Waals surface area contributed by atoms with E-state index in [9.17, 15) is 9.90 Å². The minimum absolute atomic E-state index is 0.172. The molecule has 0 bridgehead atoms. The number of anilines is 3. The van der Waals surface area contributed by atoms with Crippen LogP contribution in [0.5, 0.6) is 11.5 Å². The van der Waals surface area contributed by atoms with Crippen LogP contribution in [0.25, 0.3) is 23.5 Å². The highest BCUT2D eigenvalue weighted by atomic mass is 16.5. The average molecular weight is 530 g/mol. The number of hydrogen-bond acceptors (Lipinski definition) is 6. The number of carboxylic acid groups (broad SMARTS) is 1. The highest BCUT2D eigenvalue weighted by molar-refractivity contribution is 5.88. The van der Waals surface area contributed by atoms with Gasteiger partial charge in [0.15, 0.2) is 0 Å². The molecule has 0 aliphatic heterocycles. The minimum Gasteiger partial charge on any atom is -0.497 e. The van der Waals surface area contributed by atoms with Gasteiger partial charge in [0.05, 0.1) is 31.2 Å². The zero-order chi connectivity index (χ0) is 27.9. The molecule has 5 aromatic rings. The van der Waals surface area contributed by atoms with Gasteiger partial charge >= 0.3 is 5.97 Å². The molecule has 5 rings (SSSR count). The van der Waals surface area contributed by atoms with Crippen LogP contribution in [0.4, 0.5) is 17.1 Å². The molecule has 0 radical (unpaired) electrons. The number of rotatable bonds is 9. The zero-order valence-corrected chi connectivity index (χ0v) is 22.1. The van der Waals surface area contributed by atoms with Crippen molar-refractivity contribution in [1.29, 1.82) is 0 Å². The molecule has 40 heavy (non-hydrogen) atoms. The number of ether oxygens (including phenoxy) is 2. The molecule has 7 heteroatoms. The molecule has 0 aliphatic carbocycles. The van der Waals surface area contributed by atoms with E-state index in [2.05, 4.69) is 39.1 Å². The van der Waals surface area contributed by atoms with Crippen LogP contribution in [-0.2, 0) is 0 Å². The number of nitrogens with zero attached hydrogens (tertiary/aromatic N) is 3. The van der Waals surface area contributed by atoms with Crippen molar-refractivity contribution in [3.63, 3.8) is 0 Å². The normalized spacial score (nSPS) is 10.8. The molecule has 2 heterocycles. The summed E-state index contributed by atoms with van der Waals surface area (Å²) in [6.07, 6.45) is 7.18. The molecule has 198 valence electrons. The van der Waals surface area contributed by atoms with Crippen LogP contribution in [0.15, 0.2) is 109 Å². The van der Waals surface area contributed by atoms with Gasteiger partial charge in [-0.2, -0.15) is 0 Å². The molecule has 7 nitrogen and oxygen atoms in total. The highest BCUT2D eigenvalue weighted by Crippen LogP contribution is 2.36. The van der Waals surface area contributed by atoms with Gasteiger partial charge < -0.3 is 19.5 Å². The molecule has 0 amide bonds. The van der Waals surface area contributed by atoms with Crippen LogP contribution >= 0.6 is 0 Å². The first kappa shape index (κ1) is 26.2. The van der Waals surface area contributed by atoms with Crippen LogP contribution in [0, 0.1) is 0 Å². The summed E-state index contributed by atoms with van der Waals surface area (Å²) < 4.78 is 10.7. The van der Waals surface area contributed by atoms with E-state index in [-0.39, 0.29) is 5.56 Å². The van der Waals surface area contributed by atoms with E-state index in [1.807, 2.05) is 72.8 Å². The largest absolute Gasteiger partial charge is 0.497 e. The predicted octanol–water partition coefficient (Wildman–Crippen LogP) is 7.50. The van der Waals surface area contributed by atoms with Crippen molar-refractivity contribution >= 4 is 35.2 Å². The Morgan fingerprint density at radius 1 is 0.650 bits per heavy atom. The second-order valence-corrected chi connectivity index (χ2v) is 8.87. The fourth-order valence-corrected chi connectivity index (χ4v) is 4.23. The van der Waals surface area contributed by atoms with E-state index >= 15 is 0 Å². The second kappa shape index (κ2) is 12.0. The summed E-state index contributed by atoms with van der Waals surface area (Å²) in [6, 6.07) is 30.9. The molecule has 0 fully saturated rings. The summed E-state index contributed by atoms with van der Waals surface area (Å²) in [7, 11) is 3.31. The van der Waals surface area contributed by atoms with Crippen molar-refractivity contribution in [3.8, 4) is 22.9 Å². The van der Waals surface area contributed by atoms with Crippen molar-refractivity contribution in [1.82, 2.24) is 9.97 Å². The van der Waals surface area contributed by atoms with E-state index in [0.29, 0.717) is 11.4 Å². The van der Waals surface area contributed by atoms with Gasteiger partial charge in [-0.3, -0.25) is 9.97 Å². The molecule has 0 spiro atoms. The second-order valence-electron chi connectivity index (χ2n) is 8.87. The van der Waals surface area contributed by atoms with Gasteiger partial charge in [0.25, 0.3) is 0 Å². The van der Waals surface area contributed by atoms with E-state index in [4.69, 9.17) is 9.47 Å². The summed E-state index contributed by atoms with van der Waals surface area (Å²) in [6.45, 7) is 0. The third-order valence-electron chi connectivity index (χ3n) is 6.33. The average Bonchev–Trinajstić information content (AvgIpc) is 3.01. The topological polar surface area (TPSA) is 84.8 Å². The molecule has 3 aromatic carbocycles. The fraction of sp³-hybridized carbons (Fsp3) is 0.0606. The van der Waals surface area contributed by atoms with Crippen LogP contribution in [-0.4, -0.2) is 35.3 Å². The molecule has 0 aliphatic rings. The summed E-state index contributed by atoms with van der Waals surface area (Å²) in [5.74, 6) is 0.591. The molecule has 1 N–H and O–H groups in total. The van der Waals surface area contributed by atoms with Crippen molar-refractivity contribution in [2.75, 3.05) is 19.1 Å². The Labute approximate surface area is 232 Å². The van der Waals surface area contributed by atoms with Gasteiger partial charge in [0.1, 0.15) is 11.5 Å². The van der Waals surface area contributed by atoms with Crippen LogP contribution in [0.3, 0.4) is 0 Å². The number of benzene rings is 3. The van der Waals surface area contributed by atoms with Gasteiger partial charge in [-0.05, 0) is 96.1 Å². The molecule has 0 saturated heterocycles. The van der Waals surface area contributed by atoms with Crippen LogP contribution in [0.1, 0.15) is 21.5 Å². The third-order valence-corrected chi connectivity index (χ3v) is 6.33. The maximum atomic E-state index is 11.3. The lowest BCUT2D eigenvalue weighted by atomic mass is 10.1. The number of pyridine rings is 2. The molecule has 0 unspecified atom stereocenters. The number of aromatic nitrogens is 2. The van der Waals surface area contributed by atoms with Crippen molar-refractivity contribution in [2.24, 2.45) is 0 Å². The summed E-state index contributed by atoms with van der Waals surface area (Å²) in [4.78, 5) is 22.1. The maximum absolute atomic E-state index is 11.3. The highest BCUT2D eigenvalue weighted by Gasteiger charge is 2.13. The molecule has 0 saturated carbocycles. The maximum Gasteiger partial charge on any atom is 0.335 e. The van der Waals surface area contributed by atoms with Gasteiger partial charge in [0, 0.05) is 29.5 Å². The third kappa shape index (κ3) is 6.00. The number of aromatic carboxylic acids is 1. The first-order valence-electron chi connectivity index (χ1n) is 12.6. The smallest absolute Gasteiger partial charge is 0.335 e. The Kier molecular flexibility index (Phi) is 7.83. The number of carboxylic acids is 1.